The Bertz CT molecular complexity index is 1130. The number of nitrogens with one attached hydrogen (secondary N) is 2. The molecule has 3 rings (SSSR count). The van der Waals surface area contributed by atoms with Gasteiger partial charge in [-0.05, 0) is 63.9 Å². The molecular formula is C24H31N3O5S. The first-order valence-electron chi connectivity index (χ1n) is 10.9. The Labute approximate surface area is 195 Å². The van der Waals surface area contributed by atoms with E-state index in [2.05, 4.69) is 10.6 Å². The Morgan fingerprint density at radius 3 is 2.24 bits per heavy atom. The maximum atomic E-state index is 13.2. The largest absolute Gasteiger partial charge is 0.496 e. The molecule has 1 fully saturated rings. The van der Waals surface area contributed by atoms with Crippen molar-refractivity contribution in [1.29, 1.82) is 0 Å². The summed E-state index contributed by atoms with van der Waals surface area (Å²) >= 11 is 0. The molecule has 2 N–H and O–H groups in total. The van der Waals surface area contributed by atoms with Gasteiger partial charge in [0, 0.05) is 18.6 Å². The van der Waals surface area contributed by atoms with Crippen molar-refractivity contribution in [2.45, 2.75) is 50.5 Å². The highest BCUT2D eigenvalue weighted by atomic mass is 32.2. The summed E-state index contributed by atoms with van der Waals surface area (Å²) in [5.74, 6) is -0.660. The van der Waals surface area contributed by atoms with Gasteiger partial charge in [0.1, 0.15) is 5.75 Å². The second-order valence-corrected chi connectivity index (χ2v) is 11.0. The molecule has 2 aromatic rings. The van der Waals surface area contributed by atoms with E-state index in [1.165, 1.54) is 29.6 Å². The number of sulfonamides is 1. The predicted molar refractivity (Wildman–Crippen MR) is 127 cm³/mol. The maximum absolute atomic E-state index is 13.2. The Morgan fingerprint density at radius 2 is 1.61 bits per heavy atom. The molecule has 0 radical (unpaired) electrons. The highest BCUT2D eigenvalue weighted by Crippen LogP contribution is 2.27. The van der Waals surface area contributed by atoms with Crippen molar-refractivity contribution in [1.82, 2.24) is 9.62 Å². The molecule has 0 spiro atoms. The molecule has 0 bridgehead atoms. The van der Waals surface area contributed by atoms with E-state index in [-0.39, 0.29) is 22.1 Å². The summed E-state index contributed by atoms with van der Waals surface area (Å²) in [6.45, 7) is 6.53. The molecule has 0 saturated carbocycles. The normalized spacial score (nSPS) is 15.0. The zero-order chi connectivity index (χ0) is 24.2. The van der Waals surface area contributed by atoms with Crippen LogP contribution in [0.5, 0.6) is 5.75 Å². The zero-order valence-electron chi connectivity index (χ0n) is 19.5. The van der Waals surface area contributed by atoms with Gasteiger partial charge in [-0.1, -0.05) is 18.6 Å². The molecule has 178 valence electrons. The van der Waals surface area contributed by atoms with Crippen LogP contribution in [-0.4, -0.2) is 50.3 Å². The van der Waals surface area contributed by atoms with Crippen molar-refractivity contribution in [3.05, 3.63) is 53.6 Å². The number of amides is 2. The van der Waals surface area contributed by atoms with Gasteiger partial charge in [0.15, 0.2) is 0 Å². The monoisotopic (exact) mass is 473 g/mol. The highest BCUT2D eigenvalue weighted by molar-refractivity contribution is 7.89. The molecule has 1 aliphatic rings. The predicted octanol–water partition coefficient (Wildman–Crippen LogP) is 3.65. The summed E-state index contributed by atoms with van der Waals surface area (Å²) in [5, 5.41) is 5.62. The smallest absolute Gasteiger partial charge is 0.259 e. The third-order valence-corrected chi connectivity index (χ3v) is 7.17. The van der Waals surface area contributed by atoms with Crippen LogP contribution in [-0.2, 0) is 10.0 Å². The molecule has 2 amide bonds. The van der Waals surface area contributed by atoms with E-state index in [1.807, 2.05) is 20.8 Å². The Hall–Kier alpha value is -2.91. The summed E-state index contributed by atoms with van der Waals surface area (Å²) in [4.78, 5) is 25.9. The van der Waals surface area contributed by atoms with Crippen LogP contribution >= 0.6 is 0 Å². The third kappa shape index (κ3) is 5.91. The minimum absolute atomic E-state index is 0.0362. The lowest BCUT2D eigenvalue weighted by molar-refractivity contribution is 0.0920. The number of rotatable bonds is 6. The van der Waals surface area contributed by atoms with Gasteiger partial charge in [-0.15, -0.1) is 0 Å². The van der Waals surface area contributed by atoms with Crippen molar-refractivity contribution in [3.8, 4) is 5.75 Å². The van der Waals surface area contributed by atoms with Crippen LogP contribution in [0.25, 0.3) is 0 Å². The molecule has 8 nitrogen and oxygen atoms in total. The van der Waals surface area contributed by atoms with Gasteiger partial charge in [-0.2, -0.15) is 4.31 Å². The van der Waals surface area contributed by atoms with Crippen LogP contribution < -0.4 is 15.4 Å². The summed E-state index contributed by atoms with van der Waals surface area (Å²) in [7, 11) is -2.31. The standard InChI is InChI=1S/C24H31N3O5S/c1-24(2,3)26-23(29)18-10-6-7-11-20(18)25-22(28)19-16-17(12-13-21(19)32-4)33(30,31)27-14-8-5-9-15-27/h6-7,10-13,16H,5,8-9,14-15H2,1-4H3,(H,25,28)(H,26,29). The van der Waals surface area contributed by atoms with Crippen LogP contribution in [0.4, 0.5) is 5.69 Å². The van der Waals surface area contributed by atoms with Gasteiger partial charge in [0.2, 0.25) is 10.0 Å². The van der Waals surface area contributed by atoms with E-state index in [9.17, 15) is 18.0 Å². The van der Waals surface area contributed by atoms with Crippen LogP contribution in [0.1, 0.15) is 60.7 Å². The number of piperidine rings is 1. The summed E-state index contributed by atoms with van der Waals surface area (Å²) in [6.07, 6.45) is 2.64. The van der Waals surface area contributed by atoms with Gasteiger partial charge >= 0.3 is 0 Å². The fourth-order valence-electron chi connectivity index (χ4n) is 3.67. The van der Waals surface area contributed by atoms with Crippen LogP contribution in [0.15, 0.2) is 47.4 Å². The molecule has 0 unspecified atom stereocenters. The first kappa shape index (κ1) is 24.7. The summed E-state index contributed by atoms with van der Waals surface area (Å²) < 4.78 is 33.0. The Morgan fingerprint density at radius 1 is 0.939 bits per heavy atom. The molecule has 33 heavy (non-hydrogen) atoms. The Kier molecular flexibility index (Phi) is 7.44. The molecule has 1 heterocycles. The van der Waals surface area contributed by atoms with Crippen molar-refractivity contribution in [3.63, 3.8) is 0 Å². The number of anilines is 1. The fourth-order valence-corrected chi connectivity index (χ4v) is 5.21. The number of hydrogen-bond acceptors (Lipinski definition) is 5. The number of hydrogen-bond donors (Lipinski definition) is 2. The SMILES string of the molecule is COc1ccc(S(=O)(=O)N2CCCCC2)cc1C(=O)Nc1ccccc1C(=O)NC(C)(C)C. The van der Waals surface area contributed by atoms with Crippen molar-refractivity contribution >= 4 is 27.5 Å². The summed E-state index contributed by atoms with van der Waals surface area (Å²) in [6, 6.07) is 10.9. The lowest BCUT2D eigenvalue weighted by atomic mass is 10.1. The number of methoxy groups -OCH3 is 1. The number of benzene rings is 2. The van der Waals surface area contributed by atoms with Gasteiger partial charge in [-0.3, -0.25) is 9.59 Å². The average molecular weight is 474 g/mol. The molecule has 9 heteroatoms. The van der Waals surface area contributed by atoms with E-state index in [4.69, 9.17) is 4.74 Å². The van der Waals surface area contributed by atoms with Crippen LogP contribution in [0.2, 0.25) is 0 Å². The zero-order valence-corrected chi connectivity index (χ0v) is 20.3. The lowest BCUT2D eigenvalue weighted by Crippen LogP contribution is -2.40. The van der Waals surface area contributed by atoms with Crippen molar-refractivity contribution in [2.24, 2.45) is 0 Å². The lowest BCUT2D eigenvalue weighted by Gasteiger charge is -2.26. The molecular weight excluding hydrogens is 442 g/mol. The van der Waals surface area contributed by atoms with E-state index in [1.54, 1.807) is 24.3 Å². The van der Waals surface area contributed by atoms with Crippen LogP contribution in [0.3, 0.4) is 0 Å². The van der Waals surface area contributed by atoms with Gasteiger partial charge < -0.3 is 15.4 Å². The first-order valence-corrected chi connectivity index (χ1v) is 12.4. The van der Waals surface area contributed by atoms with E-state index < -0.39 is 21.5 Å². The van der Waals surface area contributed by atoms with E-state index in [0.717, 1.165) is 19.3 Å². The average Bonchev–Trinajstić information content (AvgIpc) is 2.78. The minimum atomic E-state index is -3.72. The molecule has 2 aromatic carbocycles. The minimum Gasteiger partial charge on any atom is -0.496 e. The number of ether oxygens (including phenoxy) is 1. The van der Waals surface area contributed by atoms with Crippen LogP contribution in [0, 0.1) is 0 Å². The molecule has 0 atom stereocenters. The molecule has 1 saturated heterocycles. The number of carbonyl (C=O) groups is 2. The number of para-hydroxylation sites is 1. The van der Waals surface area contributed by atoms with Gasteiger partial charge in [0.25, 0.3) is 11.8 Å². The van der Waals surface area contributed by atoms with Crippen molar-refractivity contribution in [2.75, 3.05) is 25.5 Å². The number of carbonyl (C=O) groups excluding carboxylic acids is 2. The highest BCUT2D eigenvalue weighted by Gasteiger charge is 2.28. The topological polar surface area (TPSA) is 105 Å². The quantitative estimate of drug-likeness (QED) is 0.666. The van der Waals surface area contributed by atoms with Gasteiger partial charge in [0.05, 0.1) is 28.8 Å². The third-order valence-electron chi connectivity index (χ3n) is 5.28. The first-order chi connectivity index (χ1) is 15.5. The molecule has 0 aliphatic carbocycles. The fraction of sp³-hybridized carbons (Fsp3) is 0.417. The van der Waals surface area contributed by atoms with Crippen molar-refractivity contribution < 1.29 is 22.7 Å². The second kappa shape index (κ2) is 9.93. The second-order valence-electron chi connectivity index (χ2n) is 9.03. The Balaban J connectivity index is 1.92. The van der Waals surface area contributed by atoms with E-state index in [0.29, 0.717) is 24.3 Å². The van der Waals surface area contributed by atoms with Gasteiger partial charge in [-0.25, -0.2) is 8.42 Å². The summed E-state index contributed by atoms with van der Waals surface area (Å²) in [5.41, 5.74) is 0.239. The molecule has 1 aliphatic heterocycles. The number of nitrogens with zero attached hydrogens (tertiary/aromatic N) is 1. The maximum Gasteiger partial charge on any atom is 0.259 e. The van der Waals surface area contributed by atoms with E-state index >= 15 is 0 Å². The molecule has 0 aromatic heterocycles.